The molecule has 0 bridgehead atoms. The lowest BCUT2D eigenvalue weighted by Crippen LogP contribution is -2.14. The number of hydrogen-bond donors (Lipinski definition) is 1. The summed E-state index contributed by atoms with van der Waals surface area (Å²) in [7, 11) is -2.63. The molecule has 0 aliphatic carbocycles. The molecule has 1 aromatic carbocycles. The number of nitrogens with zero attached hydrogens (tertiary/aromatic N) is 2. The fraction of sp³-hybridized carbons (Fsp3) is 0.150. The number of rotatable bonds is 5. The van der Waals surface area contributed by atoms with Crippen LogP contribution in [0.25, 0.3) is 0 Å². The van der Waals surface area contributed by atoms with Gasteiger partial charge in [-0.05, 0) is 42.5 Å². The number of aromatic nitrogens is 2. The van der Waals surface area contributed by atoms with Gasteiger partial charge in [-0.2, -0.15) is 0 Å². The molecule has 2 aromatic heterocycles. The maximum Gasteiger partial charge on any atom is 0.337 e. The van der Waals surface area contributed by atoms with Gasteiger partial charge in [0.1, 0.15) is 5.69 Å². The summed E-state index contributed by atoms with van der Waals surface area (Å²) in [5.41, 5.74) is 0.763. The van der Waals surface area contributed by atoms with Gasteiger partial charge in [-0.15, -0.1) is 0 Å². The number of pyridine rings is 1. The molecule has 152 valence electrons. The van der Waals surface area contributed by atoms with Gasteiger partial charge in [0, 0.05) is 18.6 Å². The molecule has 3 aromatic rings. The minimum atomic E-state index is -3.87. The fourth-order valence-corrected chi connectivity index (χ4v) is 3.49. The summed E-state index contributed by atoms with van der Waals surface area (Å²) in [4.78, 5) is 27.5. The van der Waals surface area contributed by atoms with Crippen molar-refractivity contribution in [2.45, 2.75) is 18.7 Å². The van der Waals surface area contributed by atoms with Gasteiger partial charge in [0.15, 0.2) is 0 Å². The van der Waals surface area contributed by atoms with E-state index < -0.39 is 21.9 Å². The Morgan fingerprint density at radius 1 is 1.03 bits per heavy atom. The van der Waals surface area contributed by atoms with Crippen LogP contribution in [0.4, 0.5) is 5.69 Å². The van der Waals surface area contributed by atoms with E-state index in [2.05, 4.69) is 15.0 Å². The van der Waals surface area contributed by atoms with Gasteiger partial charge >= 0.3 is 5.97 Å². The predicted octanol–water partition coefficient (Wildman–Crippen LogP) is 3.19. The molecule has 1 N–H and O–H groups in total. The Balaban J connectivity index is 0.00000145. The van der Waals surface area contributed by atoms with Gasteiger partial charge in [0.2, 0.25) is 0 Å². The Bertz CT molecular complexity index is 1070. The fourth-order valence-electron chi connectivity index (χ4n) is 2.30. The van der Waals surface area contributed by atoms with Crippen LogP contribution in [0.3, 0.4) is 0 Å². The number of benzene rings is 1. The van der Waals surface area contributed by atoms with Crippen molar-refractivity contribution in [3.63, 3.8) is 0 Å². The number of amides is 1. The third kappa shape index (κ3) is 5.08. The first-order valence-electron chi connectivity index (χ1n) is 8.76. The zero-order chi connectivity index (χ0) is 21.4. The molecule has 0 saturated heterocycles. The predicted molar refractivity (Wildman–Crippen MR) is 108 cm³/mol. The van der Waals surface area contributed by atoms with Crippen LogP contribution in [0.1, 0.15) is 34.7 Å². The van der Waals surface area contributed by atoms with E-state index in [1.807, 2.05) is 13.8 Å². The van der Waals surface area contributed by atoms with Crippen molar-refractivity contribution in [3.05, 3.63) is 78.4 Å². The van der Waals surface area contributed by atoms with Crippen LogP contribution in [0.2, 0.25) is 0 Å². The van der Waals surface area contributed by atoms with Crippen LogP contribution in [0, 0.1) is 0 Å². The standard InChI is InChI=1S/C18H15N3O5S.C2H6/c1-26-18(23)13-5-7-15(8-6-13)27(24,25)21-11-9-14(12-21)20-17(22)16-4-2-3-10-19-16;1-2/h2-12H,1H3,(H,20,22);1-2H3. The Morgan fingerprint density at radius 3 is 2.31 bits per heavy atom. The second-order valence-corrected chi connectivity index (χ2v) is 7.26. The largest absolute Gasteiger partial charge is 0.465 e. The smallest absolute Gasteiger partial charge is 0.337 e. The van der Waals surface area contributed by atoms with Gasteiger partial charge < -0.3 is 10.1 Å². The molecule has 3 rings (SSSR count). The third-order valence-electron chi connectivity index (χ3n) is 3.67. The molecule has 0 atom stereocenters. The third-order valence-corrected chi connectivity index (χ3v) is 5.32. The lowest BCUT2D eigenvalue weighted by molar-refractivity contribution is 0.0600. The van der Waals surface area contributed by atoms with E-state index in [-0.39, 0.29) is 16.2 Å². The number of esters is 1. The summed E-state index contributed by atoms with van der Waals surface area (Å²) in [5.74, 6) is -1.01. The first-order chi connectivity index (χ1) is 13.9. The first kappa shape index (κ1) is 21.8. The molecule has 0 saturated carbocycles. The molecule has 0 spiro atoms. The van der Waals surface area contributed by atoms with E-state index in [9.17, 15) is 18.0 Å². The van der Waals surface area contributed by atoms with Crippen LogP contribution in [0.15, 0.2) is 72.0 Å². The van der Waals surface area contributed by atoms with E-state index in [0.717, 1.165) is 3.97 Å². The van der Waals surface area contributed by atoms with Crippen molar-refractivity contribution >= 4 is 27.6 Å². The molecule has 29 heavy (non-hydrogen) atoms. The highest BCUT2D eigenvalue weighted by molar-refractivity contribution is 7.90. The van der Waals surface area contributed by atoms with E-state index >= 15 is 0 Å². The van der Waals surface area contributed by atoms with Gasteiger partial charge in [-0.3, -0.25) is 9.78 Å². The second kappa shape index (κ2) is 9.65. The monoisotopic (exact) mass is 415 g/mol. The Kier molecular flexibility index (Phi) is 7.27. The minimum Gasteiger partial charge on any atom is -0.465 e. The highest BCUT2D eigenvalue weighted by Crippen LogP contribution is 2.18. The van der Waals surface area contributed by atoms with E-state index in [0.29, 0.717) is 5.69 Å². The van der Waals surface area contributed by atoms with Crippen LogP contribution >= 0.6 is 0 Å². The lowest BCUT2D eigenvalue weighted by Gasteiger charge is -2.06. The number of methoxy groups -OCH3 is 1. The van der Waals surface area contributed by atoms with E-state index in [1.165, 1.54) is 56.0 Å². The Hall–Kier alpha value is -3.46. The number of anilines is 1. The number of carbonyl (C=O) groups is 2. The molecule has 2 heterocycles. The molecule has 1 amide bonds. The van der Waals surface area contributed by atoms with E-state index in [1.54, 1.807) is 18.2 Å². The molecule has 0 fully saturated rings. The molecule has 0 aliphatic rings. The Morgan fingerprint density at radius 2 is 1.72 bits per heavy atom. The van der Waals surface area contributed by atoms with Crippen molar-refractivity contribution in [1.29, 1.82) is 0 Å². The maximum absolute atomic E-state index is 12.7. The van der Waals surface area contributed by atoms with Crippen molar-refractivity contribution < 1.29 is 22.7 Å². The highest BCUT2D eigenvalue weighted by atomic mass is 32.2. The van der Waals surface area contributed by atoms with Crippen LogP contribution in [-0.2, 0) is 14.8 Å². The van der Waals surface area contributed by atoms with Crippen LogP contribution in [0.5, 0.6) is 0 Å². The summed E-state index contributed by atoms with van der Waals surface area (Å²) >= 11 is 0. The van der Waals surface area contributed by atoms with Crippen molar-refractivity contribution in [2.24, 2.45) is 0 Å². The molecule has 0 aliphatic heterocycles. The summed E-state index contributed by atoms with van der Waals surface area (Å²) in [5, 5.41) is 2.59. The van der Waals surface area contributed by atoms with Crippen LogP contribution < -0.4 is 5.32 Å². The topological polar surface area (TPSA) is 107 Å². The van der Waals surface area contributed by atoms with Crippen molar-refractivity contribution in [3.8, 4) is 0 Å². The number of hydrogen-bond acceptors (Lipinski definition) is 6. The van der Waals surface area contributed by atoms with Gasteiger partial charge in [0.05, 0.1) is 23.3 Å². The van der Waals surface area contributed by atoms with E-state index in [4.69, 9.17) is 0 Å². The average Bonchev–Trinajstić information content (AvgIpc) is 3.24. The molecule has 9 heteroatoms. The van der Waals surface area contributed by atoms with Gasteiger partial charge in [-0.1, -0.05) is 19.9 Å². The van der Waals surface area contributed by atoms with Crippen LogP contribution in [-0.4, -0.2) is 36.4 Å². The summed E-state index contributed by atoms with van der Waals surface area (Å²) in [6, 6.07) is 11.7. The Labute approximate surface area is 169 Å². The average molecular weight is 415 g/mol. The van der Waals surface area contributed by atoms with Gasteiger partial charge in [-0.25, -0.2) is 17.2 Å². The second-order valence-electron chi connectivity index (χ2n) is 5.42. The molecule has 0 unspecified atom stereocenters. The summed E-state index contributed by atoms with van der Waals surface area (Å²) < 4.78 is 30.9. The SMILES string of the molecule is CC.COC(=O)c1ccc(S(=O)(=O)n2ccc(NC(=O)c3ccccn3)c2)cc1. The minimum absolute atomic E-state index is 0.00615. The number of nitrogens with one attached hydrogen (secondary N) is 1. The zero-order valence-corrected chi connectivity index (χ0v) is 17.0. The number of ether oxygens (including phenoxy) is 1. The van der Waals surface area contributed by atoms with Crippen molar-refractivity contribution in [2.75, 3.05) is 12.4 Å². The van der Waals surface area contributed by atoms with Gasteiger partial charge in [0.25, 0.3) is 15.9 Å². The number of carbonyl (C=O) groups excluding carboxylic acids is 2. The molecule has 0 radical (unpaired) electrons. The molecule has 8 nitrogen and oxygen atoms in total. The lowest BCUT2D eigenvalue weighted by atomic mass is 10.2. The zero-order valence-electron chi connectivity index (χ0n) is 16.2. The first-order valence-corrected chi connectivity index (χ1v) is 10.2. The normalized spacial score (nSPS) is 10.4. The summed E-state index contributed by atoms with van der Waals surface area (Å²) in [6.07, 6.45) is 4.09. The quantitative estimate of drug-likeness (QED) is 0.641. The molecular formula is C20H21N3O5S. The summed E-state index contributed by atoms with van der Waals surface area (Å²) in [6.45, 7) is 4.00. The van der Waals surface area contributed by atoms with Crippen molar-refractivity contribution in [1.82, 2.24) is 8.96 Å². The maximum atomic E-state index is 12.7. The highest BCUT2D eigenvalue weighted by Gasteiger charge is 2.18. The molecular weight excluding hydrogens is 394 g/mol.